The van der Waals surface area contributed by atoms with Crippen LogP contribution in [0.4, 0.5) is 13.2 Å². The van der Waals surface area contributed by atoms with Crippen molar-refractivity contribution in [1.29, 1.82) is 0 Å². The van der Waals surface area contributed by atoms with Gasteiger partial charge in [0, 0.05) is 31.4 Å². The minimum Gasteiger partial charge on any atom is -0.497 e. The highest BCUT2D eigenvalue weighted by molar-refractivity contribution is 7.90. The minimum absolute atomic E-state index is 0.0313. The Hall–Kier alpha value is -4.37. The third kappa shape index (κ3) is 6.85. The Bertz CT molecular complexity index is 1970. The number of allylic oxidation sites excluding steroid dienone is 6. The van der Waals surface area contributed by atoms with Crippen molar-refractivity contribution in [2.75, 3.05) is 26.8 Å². The van der Waals surface area contributed by atoms with Crippen LogP contribution in [0.1, 0.15) is 74.1 Å². The van der Waals surface area contributed by atoms with E-state index in [2.05, 4.69) is 20.0 Å². The number of amides is 2. The number of aliphatic hydroxyl groups is 1. The first kappa shape index (κ1) is 36.4. The predicted octanol–water partition coefficient (Wildman–Crippen LogP) is 4.58. The van der Waals surface area contributed by atoms with E-state index in [0.29, 0.717) is 23.3 Å². The molecule has 1 fully saturated rings. The molecular formula is C36H42F3N5O6S. The van der Waals surface area contributed by atoms with Gasteiger partial charge >= 0.3 is 6.18 Å². The lowest BCUT2D eigenvalue weighted by atomic mass is 9.78. The van der Waals surface area contributed by atoms with E-state index in [-0.39, 0.29) is 30.3 Å². The van der Waals surface area contributed by atoms with Gasteiger partial charge in [-0.25, -0.2) is 13.1 Å². The lowest BCUT2D eigenvalue weighted by Crippen LogP contribution is -2.38. The van der Waals surface area contributed by atoms with Crippen LogP contribution >= 0.6 is 0 Å². The zero-order chi connectivity index (χ0) is 36.8. The molecule has 274 valence electrons. The number of aryl methyl sites for hydroxylation is 1. The highest BCUT2D eigenvalue weighted by Crippen LogP contribution is 2.51. The Kier molecular flexibility index (Phi) is 9.98. The number of aliphatic hydroxyl groups excluding tert-OH is 1. The molecule has 0 spiro atoms. The van der Waals surface area contributed by atoms with Crippen LogP contribution in [-0.2, 0) is 32.8 Å². The number of ether oxygens (including phenoxy) is 1. The molecule has 11 nitrogen and oxygen atoms in total. The maximum absolute atomic E-state index is 14.4. The molecule has 1 unspecified atom stereocenters. The summed E-state index contributed by atoms with van der Waals surface area (Å²) in [5.74, 6) is -1.04. The summed E-state index contributed by atoms with van der Waals surface area (Å²) in [5, 5.41) is 14.7. The summed E-state index contributed by atoms with van der Waals surface area (Å²) in [6, 6.07) is -0.561. The van der Waals surface area contributed by atoms with Gasteiger partial charge in [0.15, 0.2) is 5.69 Å². The molecule has 3 N–H and O–H groups in total. The normalized spacial score (nSPS) is 21.0. The Balaban J connectivity index is 1.55. The Morgan fingerprint density at radius 3 is 2.49 bits per heavy atom. The maximum atomic E-state index is 14.4. The molecule has 1 saturated carbocycles. The van der Waals surface area contributed by atoms with Crippen molar-refractivity contribution >= 4 is 27.4 Å². The van der Waals surface area contributed by atoms with E-state index >= 15 is 0 Å². The number of carbonyl (C=O) groups excluding carboxylic acids is 2. The molecule has 6 rings (SSSR count). The van der Waals surface area contributed by atoms with E-state index in [0.717, 1.165) is 59.2 Å². The number of carbonyl (C=O) groups is 2. The van der Waals surface area contributed by atoms with E-state index in [1.54, 1.807) is 18.2 Å². The van der Waals surface area contributed by atoms with Gasteiger partial charge in [-0.1, -0.05) is 25.3 Å². The highest BCUT2D eigenvalue weighted by atomic mass is 32.2. The lowest BCUT2D eigenvalue weighted by molar-refractivity contribution is -0.141. The number of rotatable bonds is 9. The van der Waals surface area contributed by atoms with Crippen molar-refractivity contribution in [2.24, 2.45) is 13.0 Å². The maximum Gasteiger partial charge on any atom is 0.435 e. The standard InChI is InChI=1S/C36H42F3N5O6S/c1-20(2)51(48,49)42-34(46)22-10-12-27-28(18-22)44-19-24(31-30(35(47)40-14-15-45)33(36(37,38)39)41-43(31)3)16-23-17-25(50-4)11-13-26(23)32(44)29(27)21-8-6-5-7-9-21/h10-12,16-18,20-21,28,45H,5-9,13-15,19H2,1-4H3,(H,40,47)(H,42,46). The number of methoxy groups -OCH3 is 1. The van der Waals surface area contributed by atoms with Crippen LogP contribution in [-0.4, -0.2) is 78.1 Å². The predicted molar refractivity (Wildman–Crippen MR) is 184 cm³/mol. The summed E-state index contributed by atoms with van der Waals surface area (Å²) in [5.41, 5.74) is 3.04. The molecule has 0 aromatic carbocycles. The molecule has 1 aromatic heterocycles. The van der Waals surface area contributed by atoms with E-state index in [4.69, 9.17) is 4.74 Å². The largest absolute Gasteiger partial charge is 0.497 e. The Labute approximate surface area is 295 Å². The Morgan fingerprint density at radius 2 is 1.84 bits per heavy atom. The fourth-order valence-electron chi connectivity index (χ4n) is 7.57. The molecule has 3 aliphatic carbocycles. The second-order valence-electron chi connectivity index (χ2n) is 13.5. The fraction of sp³-hybridized carbons (Fsp3) is 0.472. The summed E-state index contributed by atoms with van der Waals surface area (Å²) in [6.45, 7) is 2.25. The van der Waals surface area contributed by atoms with Gasteiger partial charge in [0.1, 0.15) is 5.76 Å². The molecule has 15 heteroatoms. The summed E-state index contributed by atoms with van der Waals surface area (Å²) in [7, 11) is -1.04. The third-order valence-electron chi connectivity index (χ3n) is 10.0. The molecule has 0 bridgehead atoms. The molecular weight excluding hydrogens is 687 g/mol. The first-order valence-electron chi connectivity index (χ1n) is 17.1. The van der Waals surface area contributed by atoms with Gasteiger partial charge in [-0.3, -0.25) is 14.3 Å². The van der Waals surface area contributed by atoms with Crippen LogP contribution < -0.4 is 10.0 Å². The Morgan fingerprint density at radius 1 is 1.12 bits per heavy atom. The van der Waals surface area contributed by atoms with Crippen LogP contribution in [0.25, 0.3) is 5.57 Å². The molecule has 0 saturated heterocycles. The van der Waals surface area contributed by atoms with Crippen LogP contribution in [0.15, 0.2) is 75.8 Å². The van der Waals surface area contributed by atoms with Crippen LogP contribution in [0.5, 0.6) is 0 Å². The number of aromatic nitrogens is 2. The quantitative estimate of drug-likeness (QED) is 0.336. The van der Waals surface area contributed by atoms with Gasteiger partial charge in [-0.15, -0.1) is 0 Å². The van der Waals surface area contributed by atoms with Crippen molar-refractivity contribution in [3.8, 4) is 0 Å². The number of sulfonamides is 1. The topological polar surface area (TPSA) is 143 Å². The van der Waals surface area contributed by atoms with Gasteiger partial charge in [0.2, 0.25) is 10.0 Å². The second kappa shape index (κ2) is 14.0. The number of hydrogen-bond acceptors (Lipinski definition) is 8. The van der Waals surface area contributed by atoms with Crippen molar-refractivity contribution in [1.82, 2.24) is 24.7 Å². The number of fused-ring (bicyclic) bond motifs is 4. The molecule has 1 atom stereocenters. The summed E-state index contributed by atoms with van der Waals surface area (Å²) < 4.78 is 77.4. The van der Waals surface area contributed by atoms with Crippen LogP contribution in [0.2, 0.25) is 0 Å². The first-order valence-corrected chi connectivity index (χ1v) is 18.6. The molecule has 2 aliphatic heterocycles. The second-order valence-corrected chi connectivity index (χ2v) is 15.8. The van der Waals surface area contributed by atoms with E-state index < -0.39 is 57.2 Å². The lowest BCUT2D eigenvalue weighted by Gasteiger charge is -2.32. The third-order valence-corrected chi connectivity index (χ3v) is 11.7. The molecule has 5 aliphatic rings. The van der Waals surface area contributed by atoms with E-state index in [1.807, 2.05) is 18.2 Å². The summed E-state index contributed by atoms with van der Waals surface area (Å²) in [4.78, 5) is 28.8. The molecule has 3 heterocycles. The van der Waals surface area contributed by atoms with Crippen molar-refractivity contribution in [2.45, 2.75) is 69.8 Å². The first-order chi connectivity index (χ1) is 24.2. The number of alkyl halides is 3. The van der Waals surface area contributed by atoms with Gasteiger partial charge in [-0.2, -0.15) is 18.3 Å². The monoisotopic (exact) mass is 729 g/mol. The summed E-state index contributed by atoms with van der Waals surface area (Å²) >= 11 is 0. The number of nitrogens with one attached hydrogen (secondary N) is 2. The van der Waals surface area contributed by atoms with Crippen molar-refractivity contribution < 1.29 is 41.0 Å². The number of halogens is 3. The van der Waals surface area contributed by atoms with Gasteiger partial charge < -0.3 is 20.1 Å². The number of nitrogens with zero attached hydrogens (tertiary/aromatic N) is 3. The van der Waals surface area contributed by atoms with Gasteiger partial charge in [0.25, 0.3) is 11.8 Å². The van der Waals surface area contributed by atoms with Crippen LogP contribution in [0.3, 0.4) is 0 Å². The molecule has 0 radical (unpaired) electrons. The van der Waals surface area contributed by atoms with Crippen molar-refractivity contribution in [3.63, 3.8) is 0 Å². The zero-order valence-electron chi connectivity index (χ0n) is 28.9. The van der Waals surface area contributed by atoms with Crippen LogP contribution in [0, 0.1) is 5.92 Å². The molecule has 51 heavy (non-hydrogen) atoms. The van der Waals surface area contributed by atoms with E-state index in [9.17, 15) is 36.3 Å². The minimum atomic E-state index is -4.95. The molecule has 1 aromatic rings. The summed E-state index contributed by atoms with van der Waals surface area (Å²) in [6.07, 6.45) is 11.3. The average molecular weight is 730 g/mol. The smallest absolute Gasteiger partial charge is 0.435 e. The zero-order valence-corrected chi connectivity index (χ0v) is 29.7. The fourth-order valence-corrected chi connectivity index (χ4v) is 8.18. The van der Waals surface area contributed by atoms with E-state index in [1.165, 1.54) is 28.0 Å². The number of hydrogen-bond donors (Lipinski definition) is 3. The average Bonchev–Trinajstić information content (AvgIpc) is 3.55. The molecule has 2 amide bonds. The SMILES string of the molecule is COC1=CCC2=C3C(C4CCCCC4)=C4C=CC(C(=O)NS(=O)(=O)C(C)C)=CC4N3CC(c3c(C(=O)NCCO)c(C(F)(F)F)nn3C)=CC2=C1. The van der Waals surface area contributed by atoms with Gasteiger partial charge in [0.05, 0.1) is 36.3 Å². The van der Waals surface area contributed by atoms with Gasteiger partial charge in [-0.05, 0) is 97.3 Å². The van der Waals surface area contributed by atoms with Crippen molar-refractivity contribution in [3.05, 3.63) is 92.7 Å². The highest BCUT2D eigenvalue weighted by Gasteiger charge is 2.45.